The summed E-state index contributed by atoms with van der Waals surface area (Å²) in [5.74, 6) is 0.0239. The van der Waals surface area contributed by atoms with Gasteiger partial charge in [-0.2, -0.15) is 0 Å². The minimum atomic E-state index is -0.0834. The second-order valence-electron chi connectivity index (χ2n) is 4.81. The van der Waals surface area contributed by atoms with Crippen LogP contribution in [0.15, 0.2) is 23.1 Å². The average Bonchev–Trinajstić information content (AvgIpc) is 2.36. The van der Waals surface area contributed by atoms with E-state index in [1.807, 2.05) is 11.9 Å². The van der Waals surface area contributed by atoms with Crippen molar-refractivity contribution in [1.29, 1.82) is 0 Å². The molecule has 0 N–H and O–H groups in total. The van der Waals surface area contributed by atoms with Crippen LogP contribution < -0.4 is 5.56 Å². The molecule has 98 valence electrons. The van der Waals surface area contributed by atoms with E-state index in [0.29, 0.717) is 5.56 Å². The summed E-state index contributed by atoms with van der Waals surface area (Å²) in [4.78, 5) is 27.9. The van der Waals surface area contributed by atoms with Gasteiger partial charge in [-0.1, -0.05) is 6.07 Å². The lowest BCUT2D eigenvalue weighted by molar-refractivity contribution is -0.133. The molecule has 5 heteroatoms. The molecule has 0 bridgehead atoms. The Morgan fingerprint density at radius 3 is 2.61 bits per heavy atom. The van der Waals surface area contributed by atoms with Gasteiger partial charge in [0.2, 0.25) is 5.91 Å². The largest absolute Gasteiger partial charge is 0.339 e. The van der Waals surface area contributed by atoms with Crippen LogP contribution in [0.5, 0.6) is 0 Å². The van der Waals surface area contributed by atoms with Gasteiger partial charge in [0.25, 0.3) is 5.56 Å². The summed E-state index contributed by atoms with van der Waals surface area (Å²) in [5.41, 5.74) is 0.587. The van der Waals surface area contributed by atoms with Crippen molar-refractivity contribution in [2.24, 2.45) is 0 Å². The molecule has 1 aliphatic heterocycles. The maximum absolute atomic E-state index is 12.1. The molecular weight excluding hydrogens is 230 g/mol. The van der Waals surface area contributed by atoms with Gasteiger partial charge in [-0.05, 0) is 20.0 Å². The van der Waals surface area contributed by atoms with E-state index < -0.39 is 0 Å². The Bertz CT molecular complexity index is 487. The van der Waals surface area contributed by atoms with E-state index in [-0.39, 0.29) is 18.0 Å². The molecule has 1 saturated heterocycles. The summed E-state index contributed by atoms with van der Waals surface area (Å²) < 4.78 is 1.48. The molecule has 1 amide bonds. The van der Waals surface area contributed by atoms with Gasteiger partial charge in [-0.3, -0.25) is 9.59 Å². The van der Waals surface area contributed by atoms with E-state index in [4.69, 9.17) is 0 Å². The molecule has 1 aromatic rings. The van der Waals surface area contributed by atoms with E-state index in [0.717, 1.165) is 26.2 Å². The third-order valence-corrected chi connectivity index (χ3v) is 3.37. The molecule has 0 spiro atoms. The minimum absolute atomic E-state index is 0.0239. The van der Waals surface area contributed by atoms with E-state index in [2.05, 4.69) is 4.90 Å². The third kappa shape index (κ3) is 2.79. The number of rotatable bonds is 2. The predicted octanol–water partition coefficient (Wildman–Crippen LogP) is -0.0693. The van der Waals surface area contributed by atoms with Gasteiger partial charge in [0.15, 0.2) is 0 Å². The lowest BCUT2D eigenvalue weighted by Gasteiger charge is -2.32. The third-order valence-electron chi connectivity index (χ3n) is 3.37. The molecule has 18 heavy (non-hydrogen) atoms. The Labute approximate surface area is 107 Å². The SMILES string of the molecule is Cc1cccn(CC(=O)N2CCN(C)CC2)c1=O. The van der Waals surface area contributed by atoms with Gasteiger partial charge in [-0.15, -0.1) is 0 Å². The second-order valence-corrected chi connectivity index (χ2v) is 4.81. The van der Waals surface area contributed by atoms with Crippen molar-refractivity contribution >= 4 is 5.91 Å². The number of aryl methyl sites for hydroxylation is 1. The van der Waals surface area contributed by atoms with E-state index in [9.17, 15) is 9.59 Å². The summed E-state index contributed by atoms with van der Waals surface area (Å²) >= 11 is 0. The molecule has 0 unspecified atom stereocenters. The molecule has 0 aromatic carbocycles. The quantitative estimate of drug-likeness (QED) is 0.737. The highest BCUT2D eigenvalue weighted by atomic mass is 16.2. The summed E-state index contributed by atoms with van der Waals surface area (Å²) in [6.45, 7) is 5.19. The first-order valence-corrected chi connectivity index (χ1v) is 6.20. The van der Waals surface area contributed by atoms with Gasteiger partial charge in [0, 0.05) is 37.9 Å². The molecular formula is C13H19N3O2. The molecule has 1 fully saturated rings. The first-order chi connectivity index (χ1) is 8.58. The Kier molecular flexibility index (Phi) is 3.81. The number of likely N-dealkylation sites (N-methyl/N-ethyl adjacent to an activating group) is 1. The van der Waals surface area contributed by atoms with Crippen LogP contribution in [0.25, 0.3) is 0 Å². The highest BCUT2D eigenvalue weighted by Gasteiger charge is 2.19. The van der Waals surface area contributed by atoms with Crippen LogP contribution in [0, 0.1) is 6.92 Å². The summed E-state index contributed by atoms with van der Waals surface area (Å²) in [5, 5.41) is 0. The van der Waals surface area contributed by atoms with E-state index in [1.54, 1.807) is 25.3 Å². The lowest BCUT2D eigenvalue weighted by atomic mass is 10.3. The van der Waals surface area contributed by atoms with Crippen LogP contribution in [0.1, 0.15) is 5.56 Å². The fraction of sp³-hybridized carbons (Fsp3) is 0.538. The highest BCUT2D eigenvalue weighted by molar-refractivity contribution is 5.76. The van der Waals surface area contributed by atoms with Crippen molar-refractivity contribution in [2.45, 2.75) is 13.5 Å². The highest BCUT2D eigenvalue weighted by Crippen LogP contribution is 2.01. The first-order valence-electron chi connectivity index (χ1n) is 6.20. The van der Waals surface area contributed by atoms with Gasteiger partial charge < -0.3 is 14.4 Å². The number of nitrogens with zero attached hydrogens (tertiary/aromatic N) is 3. The number of carbonyl (C=O) groups excluding carboxylic acids is 1. The smallest absolute Gasteiger partial charge is 0.253 e. The monoisotopic (exact) mass is 249 g/mol. The van der Waals surface area contributed by atoms with Gasteiger partial charge in [0.05, 0.1) is 0 Å². The van der Waals surface area contributed by atoms with Crippen LogP contribution in [0.3, 0.4) is 0 Å². The fourth-order valence-electron chi connectivity index (χ4n) is 2.08. The maximum Gasteiger partial charge on any atom is 0.253 e. The molecule has 0 saturated carbocycles. The zero-order valence-corrected chi connectivity index (χ0v) is 10.9. The standard InChI is InChI=1S/C13H19N3O2/c1-11-4-3-5-16(13(11)18)10-12(17)15-8-6-14(2)7-9-15/h3-5H,6-10H2,1-2H3. The predicted molar refractivity (Wildman–Crippen MR) is 69.5 cm³/mol. The van der Waals surface area contributed by atoms with Crippen molar-refractivity contribution in [1.82, 2.24) is 14.4 Å². The molecule has 2 heterocycles. The summed E-state index contributed by atoms with van der Waals surface area (Å²) in [6.07, 6.45) is 1.67. The second kappa shape index (κ2) is 5.35. The van der Waals surface area contributed by atoms with Crippen molar-refractivity contribution in [2.75, 3.05) is 33.2 Å². The van der Waals surface area contributed by atoms with Crippen molar-refractivity contribution < 1.29 is 4.79 Å². The molecule has 1 aliphatic rings. The van der Waals surface area contributed by atoms with Gasteiger partial charge >= 0.3 is 0 Å². The number of aromatic nitrogens is 1. The van der Waals surface area contributed by atoms with Crippen LogP contribution >= 0.6 is 0 Å². The molecule has 0 radical (unpaired) electrons. The van der Waals surface area contributed by atoms with Crippen molar-refractivity contribution in [3.63, 3.8) is 0 Å². The lowest BCUT2D eigenvalue weighted by Crippen LogP contribution is -2.48. The zero-order chi connectivity index (χ0) is 13.1. The topological polar surface area (TPSA) is 45.6 Å². The van der Waals surface area contributed by atoms with E-state index in [1.165, 1.54) is 4.57 Å². The van der Waals surface area contributed by atoms with Crippen LogP contribution in [-0.2, 0) is 11.3 Å². The minimum Gasteiger partial charge on any atom is -0.339 e. The molecule has 5 nitrogen and oxygen atoms in total. The van der Waals surface area contributed by atoms with E-state index >= 15 is 0 Å². The molecule has 1 aromatic heterocycles. The Hall–Kier alpha value is -1.62. The molecule has 0 aliphatic carbocycles. The Balaban J connectivity index is 2.03. The number of hydrogen-bond donors (Lipinski definition) is 0. The normalized spacial score (nSPS) is 16.9. The van der Waals surface area contributed by atoms with Crippen LogP contribution in [-0.4, -0.2) is 53.5 Å². The number of hydrogen-bond acceptors (Lipinski definition) is 3. The first kappa shape index (κ1) is 12.8. The summed E-state index contributed by atoms with van der Waals surface area (Å²) in [6, 6.07) is 3.56. The fourth-order valence-corrected chi connectivity index (χ4v) is 2.08. The van der Waals surface area contributed by atoms with Crippen LogP contribution in [0.2, 0.25) is 0 Å². The van der Waals surface area contributed by atoms with Crippen molar-refractivity contribution in [3.8, 4) is 0 Å². The number of pyridine rings is 1. The van der Waals surface area contributed by atoms with Crippen LogP contribution in [0.4, 0.5) is 0 Å². The maximum atomic E-state index is 12.1. The number of amides is 1. The Morgan fingerprint density at radius 2 is 1.94 bits per heavy atom. The van der Waals surface area contributed by atoms with Gasteiger partial charge in [-0.25, -0.2) is 0 Å². The summed E-state index contributed by atoms with van der Waals surface area (Å²) in [7, 11) is 2.05. The number of piperazine rings is 1. The number of carbonyl (C=O) groups is 1. The Morgan fingerprint density at radius 1 is 1.28 bits per heavy atom. The zero-order valence-electron chi connectivity index (χ0n) is 10.9. The van der Waals surface area contributed by atoms with Crippen molar-refractivity contribution in [3.05, 3.63) is 34.2 Å². The molecule has 0 atom stereocenters. The molecule has 2 rings (SSSR count). The van der Waals surface area contributed by atoms with Gasteiger partial charge in [0.1, 0.15) is 6.54 Å². The average molecular weight is 249 g/mol.